The molecule has 1 amide bonds. The summed E-state index contributed by atoms with van der Waals surface area (Å²) in [5.74, 6) is -0.0836. The van der Waals surface area contributed by atoms with Crippen molar-refractivity contribution in [2.24, 2.45) is 5.73 Å². The minimum absolute atomic E-state index is 0.381. The van der Waals surface area contributed by atoms with Crippen LogP contribution in [-0.2, 0) is 0 Å². The highest BCUT2D eigenvalue weighted by Crippen LogP contribution is 2.22. The fraction of sp³-hybridized carbons (Fsp3) is 0.417. The topological polar surface area (TPSA) is 43.1 Å². The van der Waals surface area contributed by atoms with Gasteiger partial charge in [-0.2, -0.15) is 0 Å². The first-order chi connectivity index (χ1) is 7.02. The van der Waals surface area contributed by atoms with E-state index in [-0.39, 0.29) is 0 Å². The zero-order chi connectivity index (χ0) is 12.0. The highest BCUT2D eigenvalue weighted by molar-refractivity contribution is 6.33. The van der Waals surface area contributed by atoms with Crippen LogP contribution in [0.15, 0.2) is 18.2 Å². The van der Waals surface area contributed by atoms with E-state index in [0.717, 1.165) is 5.56 Å². The first-order valence-corrected chi connectivity index (χ1v) is 5.49. The van der Waals surface area contributed by atoms with Crippen LogP contribution >= 0.6 is 11.6 Å². The highest BCUT2D eigenvalue weighted by Gasteiger charge is 2.08. The second-order valence-corrected chi connectivity index (χ2v) is 3.67. The Morgan fingerprint density at radius 3 is 2.20 bits per heavy atom. The number of hydrogen-bond donors (Lipinski definition) is 1. The summed E-state index contributed by atoms with van der Waals surface area (Å²) >= 11 is 5.87. The Hall–Kier alpha value is -1.02. The van der Waals surface area contributed by atoms with Crippen molar-refractivity contribution in [1.29, 1.82) is 0 Å². The lowest BCUT2D eigenvalue weighted by Gasteiger charge is -2.07. The standard InChI is InChI=1S/C10H12ClNO.C2H6/c1-6(2)7-3-4-8(10(12)13)9(11)5-7;1-2/h3-6H,1-2H3,(H2,12,13);1-2H3. The summed E-state index contributed by atoms with van der Waals surface area (Å²) in [6.45, 7) is 8.13. The third kappa shape index (κ3) is 3.92. The third-order valence-electron chi connectivity index (χ3n) is 1.93. The van der Waals surface area contributed by atoms with Crippen molar-refractivity contribution in [2.45, 2.75) is 33.6 Å². The smallest absolute Gasteiger partial charge is 0.250 e. The van der Waals surface area contributed by atoms with Gasteiger partial charge in [0.2, 0.25) is 5.91 Å². The molecule has 0 aliphatic carbocycles. The molecule has 0 aliphatic rings. The van der Waals surface area contributed by atoms with E-state index in [1.165, 1.54) is 0 Å². The second kappa shape index (κ2) is 6.46. The molecule has 0 aliphatic heterocycles. The number of hydrogen-bond acceptors (Lipinski definition) is 1. The minimum atomic E-state index is -0.486. The number of rotatable bonds is 2. The van der Waals surface area contributed by atoms with E-state index >= 15 is 0 Å². The molecule has 2 N–H and O–H groups in total. The molecule has 0 saturated heterocycles. The van der Waals surface area contributed by atoms with E-state index in [9.17, 15) is 4.79 Å². The van der Waals surface area contributed by atoms with Gasteiger partial charge in [-0.15, -0.1) is 0 Å². The van der Waals surface area contributed by atoms with Gasteiger partial charge in [0.15, 0.2) is 0 Å². The van der Waals surface area contributed by atoms with Crippen molar-refractivity contribution < 1.29 is 4.79 Å². The molecule has 0 radical (unpaired) electrons. The minimum Gasteiger partial charge on any atom is -0.366 e. The molecule has 1 rings (SSSR count). The molecule has 0 atom stereocenters. The molecule has 0 aromatic heterocycles. The molecule has 84 valence electrons. The lowest BCUT2D eigenvalue weighted by molar-refractivity contribution is 0.100. The van der Waals surface area contributed by atoms with Crippen LogP contribution in [0.5, 0.6) is 0 Å². The molecule has 0 bridgehead atoms. The molecular formula is C12H18ClNO. The highest BCUT2D eigenvalue weighted by atomic mass is 35.5. The van der Waals surface area contributed by atoms with Gasteiger partial charge < -0.3 is 5.73 Å². The van der Waals surface area contributed by atoms with Gasteiger partial charge in [-0.05, 0) is 23.6 Å². The number of nitrogens with two attached hydrogens (primary N) is 1. The zero-order valence-electron chi connectivity index (χ0n) is 9.67. The molecule has 0 fully saturated rings. The monoisotopic (exact) mass is 227 g/mol. The average Bonchev–Trinajstić information content (AvgIpc) is 2.20. The fourth-order valence-electron chi connectivity index (χ4n) is 1.09. The summed E-state index contributed by atoms with van der Waals surface area (Å²) < 4.78 is 0. The lowest BCUT2D eigenvalue weighted by atomic mass is 10.0. The largest absolute Gasteiger partial charge is 0.366 e. The molecule has 15 heavy (non-hydrogen) atoms. The van der Waals surface area contributed by atoms with Crippen molar-refractivity contribution in [3.63, 3.8) is 0 Å². The van der Waals surface area contributed by atoms with Crippen LogP contribution in [0.1, 0.15) is 49.5 Å². The molecule has 1 aromatic carbocycles. The van der Waals surface area contributed by atoms with Crippen LogP contribution < -0.4 is 5.73 Å². The number of benzene rings is 1. The Kier molecular flexibility index (Phi) is 6.02. The summed E-state index contributed by atoms with van der Waals surface area (Å²) in [7, 11) is 0. The van der Waals surface area contributed by atoms with Gasteiger partial charge in [0, 0.05) is 0 Å². The SMILES string of the molecule is CC.CC(C)c1ccc(C(N)=O)c(Cl)c1. The van der Waals surface area contributed by atoms with Crippen molar-refractivity contribution in [3.8, 4) is 0 Å². The van der Waals surface area contributed by atoms with Gasteiger partial charge in [0.05, 0.1) is 10.6 Å². The van der Waals surface area contributed by atoms with Gasteiger partial charge in [-0.1, -0.05) is 45.4 Å². The maximum absolute atomic E-state index is 10.8. The Morgan fingerprint density at radius 1 is 1.33 bits per heavy atom. The quantitative estimate of drug-likeness (QED) is 0.825. The molecule has 0 heterocycles. The summed E-state index contributed by atoms with van der Waals surface area (Å²) in [6.07, 6.45) is 0. The molecule has 0 unspecified atom stereocenters. The van der Waals surface area contributed by atoms with Crippen LogP contribution in [-0.4, -0.2) is 5.91 Å². The molecular weight excluding hydrogens is 210 g/mol. The van der Waals surface area contributed by atoms with Gasteiger partial charge in [0.1, 0.15) is 0 Å². The van der Waals surface area contributed by atoms with Gasteiger partial charge >= 0.3 is 0 Å². The molecule has 1 aromatic rings. The van der Waals surface area contributed by atoms with Crippen LogP contribution in [0.25, 0.3) is 0 Å². The summed E-state index contributed by atoms with van der Waals surface area (Å²) in [4.78, 5) is 10.8. The predicted octanol–water partition coefficient (Wildman–Crippen LogP) is 3.59. The third-order valence-corrected chi connectivity index (χ3v) is 2.24. The van der Waals surface area contributed by atoms with E-state index in [1.807, 2.05) is 19.9 Å². The Balaban J connectivity index is 0.000000921. The van der Waals surface area contributed by atoms with E-state index in [0.29, 0.717) is 16.5 Å². The Labute approximate surface area is 96.4 Å². The van der Waals surface area contributed by atoms with Crippen molar-refractivity contribution in [1.82, 2.24) is 0 Å². The van der Waals surface area contributed by atoms with E-state index in [2.05, 4.69) is 13.8 Å². The second-order valence-electron chi connectivity index (χ2n) is 3.26. The zero-order valence-corrected chi connectivity index (χ0v) is 10.4. The summed E-state index contributed by atoms with van der Waals surface area (Å²) in [5, 5.41) is 0.429. The van der Waals surface area contributed by atoms with Crippen molar-refractivity contribution in [3.05, 3.63) is 34.3 Å². The number of halogens is 1. The number of carbonyl (C=O) groups excluding carboxylic acids is 1. The predicted molar refractivity (Wildman–Crippen MR) is 65.4 cm³/mol. The van der Waals surface area contributed by atoms with Crippen LogP contribution in [0, 0.1) is 0 Å². The van der Waals surface area contributed by atoms with Crippen LogP contribution in [0.4, 0.5) is 0 Å². The van der Waals surface area contributed by atoms with E-state index in [1.54, 1.807) is 12.1 Å². The maximum atomic E-state index is 10.8. The van der Waals surface area contributed by atoms with Crippen LogP contribution in [0.2, 0.25) is 5.02 Å². The molecule has 0 spiro atoms. The fourth-order valence-corrected chi connectivity index (χ4v) is 1.37. The van der Waals surface area contributed by atoms with Crippen molar-refractivity contribution >= 4 is 17.5 Å². The summed E-state index contributed by atoms with van der Waals surface area (Å²) in [5.41, 5.74) is 6.60. The van der Waals surface area contributed by atoms with Crippen molar-refractivity contribution in [2.75, 3.05) is 0 Å². The van der Waals surface area contributed by atoms with Gasteiger partial charge in [0.25, 0.3) is 0 Å². The first kappa shape index (κ1) is 14.0. The first-order valence-electron chi connectivity index (χ1n) is 5.11. The Morgan fingerprint density at radius 2 is 1.87 bits per heavy atom. The summed E-state index contributed by atoms with van der Waals surface area (Å²) in [6, 6.07) is 5.32. The van der Waals surface area contributed by atoms with Crippen LogP contribution in [0.3, 0.4) is 0 Å². The van der Waals surface area contributed by atoms with Gasteiger partial charge in [-0.25, -0.2) is 0 Å². The van der Waals surface area contributed by atoms with E-state index < -0.39 is 5.91 Å². The van der Waals surface area contributed by atoms with Gasteiger partial charge in [-0.3, -0.25) is 4.79 Å². The number of carbonyl (C=O) groups is 1. The lowest BCUT2D eigenvalue weighted by Crippen LogP contribution is -2.11. The molecule has 3 heteroatoms. The normalized spacial score (nSPS) is 9.47. The molecule has 2 nitrogen and oxygen atoms in total. The number of primary amides is 1. The average molecular weight is 228 g/mol. The van der Waals surface area contributed by atoms with E-state index in [4.69, 9.17) is 17.3 Å². The maximum Gasteiger partial charge on any atom is 0.250 e. The molecule has 0 saturated carbocycles. The number of amides is 1. The Bertz CT molecular complexity index is 334.